The molecule has 1 atom stereocenters. The van der Waals surface area contributed by atoms with Gasteiger partial charge in [0.1, 0.15) is 5.82 Å². The van der Waals surface area contributed by atoms with Crippen LogP contribution in [0.3, 0.4) is 0 Å². The summed E-state index contributed by atoms with van der Waals surface area (Å²) in [5.41, 5.74) is -1.66. The van der Waals surface area contributed by atoms with E-state index in [1.807, 2.05) is 6.92 Å². The zero-order chi connectivity index (χ0) is 15.3. The van der Waals surface area contributed by atoms with Crippen LogP contribution < -0.4 is 10.6 Å². The Morgan fingerprint density at radius 3 is 2.48 bits per heavy atom. The number of hydrogen-bond acceptors (Lipinski definition) is 2. The van der Waals surface area contributed by atoms with Crippen LogP contribution in [0.25, 0.3) is 0 Å². The van der Waals surface area contributed by atoms with Gasteiger partial charge < -0.3 is 10.6 Å². The third-order valence-corrected chi connectivity index (χ3v) is 2.66. The number of alkyl halides is 3. The third-order valence-electron chi connectivity index (χ3n) is 2.66. The maximum Gasteiger partial charge on any atom is 0.416 e. The first-order valence-corrected chi connectivity index (χ1v) is 6.14. The van der Waals surface area contributed by atoms with Crippen molar-refractivity contribution in [3.05, 3.63) is 35.1 Å². The zero-order valence-electron chi connectivity index (χ0n) is 11.6. The normalized spacial score (nSPS) is 12.5. The minimum absolute atomic E-state index is 0. The Morgan fingerprint density at radius 1 is 1.33 bits per heavy atom. The SMILES string of the molecule is CCN[C@H](C)CNC(=O)c1cc(C(F)(F)F)ccc1F.Cl. The van der Waals surface area contributed by atoms with Crippen molar-refractivity contribution in [2.45, 2.75) is 26.1 Å². The fraction of sp³-hybridized carbons (Fsp3) is 0.462. The molecule has 0 bridgehead atoms. The van der Waals surface area contributed by atoms with Crippen molar-refractivity contribution in [2.75, 3.05) is 13.1 Å². The topological polar surface area (TPSA) is 41.1 Å². The van der Waals surface area contributed by atoms with Crippen LogP contribution in [0.4, 0.5) is 17.6 Å². The van der Waals surface area contributed by atoms with Crippen LogP contribution in [0.5, 0.6) is 0 Å². The molecule has 1 rings (SSSR count). The van der Waals surface area contributed by atoms with Crippen LogP contribution >= 0.6 is 12.4 Å². The highest BCUT2D eigenvalue weighted by atomic mass is 35.5. The zero-order valence-corrected chi connectivity index (χ0v) is 12.4. The summed E-state index contributed by atoms with van der Waals surface area (Å²) >= 11 is 0. The number of amides is 1. The predicted molar refractivity (Wildman–Crippen MR) is 74.1 cm³/mol. The van der Waals surface area contributed by atoms with E-state index in [-0.39, 0.29) is 25.0 Å². The van der Waals surface area contributed by atoms with Gasteiger partial charge in [0.15, 0.2) is 0 Å². The van der Waals surface area contributed by atoms with Crippen molar-refractivity contribution in [1.82, 2.24) is 10.6 Å². The Labute approximate surface area is 126 Å². The molecule has 0 aliphatic carbocycles. The minimum atomic E-state index is -4.61. The molecule has 0 saturated carbocycles. The summed E-state index contributed by atoms with van der Waals surface area (Å²) in [7, 11) is 0. The Kier molecular flexibility index (Phi) is 7.67. The van der Waals surface area contributed by atoms with Crippen molar-refractivity contribution >= 4 is 18.3 Å². The van der Waals surface area contributed by atoms with E-state index in [4.69, 9.17) is 0 Å². The smallest absolute Gasteiger partial charge is 0.350 e. The second-order valence-corrected chi connectivity index (χ2v) is 4.36. The van der Waals surface area contributed by atoms with Gasteiger partial charge in [0.25, 0.3) is 5.91 Å². The molecule has 1 aromatic rings. The van der Waals surface area contributed by atoms with E-state index >= 15 is 0 Å². The molecule has 0 saturated heterocycles. The third kappa shape index (κ3) is 5.89. The molecule has 0 heterocycles. The summed E-state index contributed by atoms with van der Waals surface area (Å²) in [6.45, 7) is 4.56. The molecule has 0 aliphatic rings. The van der Waals surface area contributed by atoms with Gasteiger partial charge in [-0.2, -0.15) is 13.2 Å². The highest BCUT2D eigenvalue weighted by molar-refractivity contribution is 5.94. The first kappa shape index (κ1) is 19.7. The molecule has 1 aromatic carbocycles. The fourth-order valence-corrected chi connectivity index (χ4v) is 1.64. The lowest BCUT2D eigenvalue weighted by Gasteiger charge is -2.14. The average Bonchev–Trinajstić information content (AvgIpc) is 2.35. The molecule has 0 radical (unpaired) electrons. The van der Waals surface area contributed by atoms with Gasteiger partial charge in [-0.05, 0) is 31.7 Å². The molecule has 1 amide bonds. The monoisotopic (exact) mass is 328 g/mol. The Balaban J connectivity index is 0.00000400. The van der Waals surface area contributed by atoms with Gasteiger partial charge in [0.2, 0.25) is 0 Å². The maximum atomic E-state index is 13.4. The molecule has 21 heavy (non-hydrogen) atoms. The quantitative estimate of drug-likeness (QED) is 0.816. The molecule has 0 aliphatic heterocycles. The second-order valence-electron chi connectivity index (χ2n) is 4.36. The molecule has 0 aromatic heterocycles. The first-order valence-electron chi connectivity index (χ1n) is 6.14. The number of nitrogens with one attached hydrogen (secondary N) is 2. The summed E-state index contributed by atoms with van der Waals surface area (Å²) in [6.07, 6.45) is -4.61. The molecule has 2 N–H and O–H groups in total. The number of carbonyl (C=O) groups is 1. The number of halogens is 5. The lowest BCUT2D eigenvalue weighted by Crippen LogP contribution is -2.39. The van der Waals surface area contributed by atoms with E-state index in [2.05, 4.69) is 10.6 Å². The van der Waals surface area contributed by atoms with Crippen LogP contribution in [0.2, 0.25) is 0 Å². The predicted octanol–water partition coefficient (Wildman–Crippen LogP) is 2.99. The van der Waals surface area contributed by atoms with Gasteiger partial charge in [-0.25, -0.2) is 4.39 Å². The summed E-state index contributed by atoms with van der Waals surface area (Å²) in [6, 6.07) is 1.71. The maximum absolute atomic E-state index is 13.4. The Bertz CT molecular complexity index is 480. The first-order chi connectivity index (χ1) is 9.25. The van der Waals surface area contributed by atoms with E-state index in [1.54, 1.807) is 6.92 Å². The van der Waals surface area contributed by atoms with Gasteiger partial charge in [-0.3, -0.25) is 4.79 Å². The second kappa shape index (κ2) is 8.19. The van der Waals surface area contributed by atoms with Crippen molar-refractivity contribution in [2.24, 2.45) is 0 Å². The molecule has 120 valence electrons. The Morgan fingerprint density at radius 2 is 1.95 bits per heavy atom. The van der Waals surface area contributed by atoms with E-state index < -0.39 is 29.0 Å². The fourth-order valence-electron chi connectivity index (χ4n) is 1.64. The number of rotatable bonds is 5. The van der Waals surface area contributed by atoms with Crippen LogP contribution in [0.15, 0.2) is 18.2 Å². The lowest BCUT2D eigenvalue weighted by atomic mass is 10.1. The summed E-state index contributed by atoms with van der Waals surface area (Å²) < 4.78 is 51.0. The van der Waals surface area contributed by atoms with Gasteiger partial charge in [0, 0.05) is 12.6 Å². The largest absolute Gasteiger partial charge is 0.416 e. The van der Waals surface area contributed by atoms with Crippen molar-refractivity contribution < 1.29 is 22.4 Å². The minimum Gasteiger partial charge on any atom is -0.350 e. The van der Waals surface area contributed by atoms with E-state index in [1.165, 1.54) is 0 Å². The van der Waals surface area contributed by atoms with Crippen molar-refractivity contribution in [1.29, 1.82) is 0 Å². The number of hydrogen-bond donors (Lipinski definition) is 2. The van der Waals surface area contributed by atoms with Gasteiger partial charge in [-0.1, -0.05) is 6.92 Å². The number of benzene rings is 1. The van der Waals surface area contributed by atoms with Crippen molar-refractivity contribution in [3.8, 4) is 0 Å². The standard InChI is InChI=1S/C13H16F4N2O.ClH/c1-3-18-8(2)7-19-12(20)10-6-9(13(15,16)17)4-5-11(10)14;/h4-6,8,18H,3,7H2,1-2H3,(H,19,20);1H/t8-;/m1./s1. The van der Waals surface area contributed by atoms with Crippen LogP contribution in [-0.4, -0.2) is 25.0 Å². The summed E-state index contributed by atoms with van der Waals surface area (Å²) in [4.78, 5) is 11.7. The molecule has 8 heteroatoms. The van der Waals surface area contributed by atoms with Gasteiger partial charge in [-0.15, -0.1) is 12.4 Å². The summed E-state index contributed by atoms with van der Waals surface area (Å²) in [5.74, 6) is -1.84. The molecular formula is C13H17ClF4N2O. The molecule has 0 spiro atoms. The van der Waals surface area contributed by atoms with Gasteiger partial charge >= 0.3 is 6.18 Å². The van der Waals surface area contributed by atoms with Crippen LogP contribution in [0, 0.1) is 5.82 Å². The van der Waals surface area contributed by atoms with Crippen LogP contribution in [-0.2, 0) is 6.18 Å². The number of likely N-dealkylation sites (N-methyl/N-ethyl adjacent to an activating group) is 1. The van der Waals surface area contributed by atoms with E-state index in [9.17, 15) is 22.4 Å². The van der Waals surface area contributed by atoms with Crippen LogP contribution in [0.1, 0.15) is 29.8 Å². The van der Waals surface area contributed by atoms with E-state index in [0.717, 1.165) is 0 Å². The summed E-state index contributed by atoms with van der Waals surface area (Å²) in [5, 5.41) is 5.41. The highest BCUT2D eigenvalue weighted by Gasteiger charge is 2.31. The lowest BCUT2D eigenvalue weighted by molar-refractivity contribution is -0.137. The molecule has 3 nitrogen and oxygen atoms in total. The average molecular weight is 329 g/mol. The van der Waals surface area contributed by atoms with Gasteiger partial charge in [0.05, 0.1) is 11.1 Å². The Hall–Kier alpha value is -1.34. The van der Waals surface area contributed by atoms with E-state index in [0.29, 0.717) is 24.7 Å². The molecule has 0 fully saturated rings. The van der Waals surface area contributed by atoms with Crippen molar-refractivity contribution in [3.63, 3.8) is 0 Å². The molecule has 0 unspecified atom stereocenters. The number of carbonyl (C=O) groups excluding carboxylic acids is 1. The highest BCUT2D eigenvalue weighted by Crippen LogP contribution is 2.30. The molecular weight excluding hydrogens is 312 g/mol.